The van der Waals surface area contributed by atoms with Crippen LogP contribution in [-0.2, 0) is 9.31 Å². The molecular weight excluding hydrogens is 272 g/mol. The zero-order valence-electron chi connectivity index (χ0n) is 12.7. The van der Waals surface area contributed by atoms with Crippen LogP contribution in [-0.4, -0.2) is 26.2 Å². The van der Waals surface area contributed by atoms with Gasteiger partial charge in [0.15, 0.2) is 0 Å². The van der Waals surface area contributed by atoms with Crippen LogP contribution in [0.3, 0.4) is 0 Å². The van der Waals surface area contributed by atoms with E-state index in [1.54, 1.807) is 24.3 Å². The second-order valence-electron chi connectivity index (χ2n) is 6.25. The molecule has 1 heterocycles. The van der Waals surface area contributed by atoms with E-state index >= 15 is 0 Å². The summed E-state index contributed by atoms with van der Waals surface area (Å²) >= 11 is 0. The lowest BCUT2D eigenvalue weighted by Crippen LogP contribution is -2.41. The summed E-state index contributed by atoms with van der Waals surface area (Å²) in [6, 6.07) is 6.36. The van der Waals surface area contributed by atoms with Crippen molar-refractivity contribution in [3.8, 4) is 0 Å². The molecule has 0 aliphatic carbocycles. The Hall–Kier alpha value is -1.13. The fourth-order valence-electron chi connectivity index (χ4n) is 2.20. The quantitative estimate of drug-likeness (QED) is 0.796. The van der Waals surface area contributed by atoms with Crippen molar-refractivity contribution in [1.82, 2.24) is 0 Å². The molecule has 0 atom stereocenters. The lowest BCUT2D eigenvalue weighted by atomic mass is 9.78. The molecule has 0 spiro atoms. The Balaban J connectivity index is 2.20. The van der Waals surface area contributed by atoms with Gasteiger partial charge in [-0.2, -0.15) is 8.78 Å². The summed E-state index contributed by atoms with van der Waals surface area (Å²) in [5.74, 6) is 0. The standard InChI is InChI=1S/C15H18B2F2O2/c1-14(2)15(3,4)21-17(20-14)9-12(13(18)19)10-5-7-11(16)8-6-10/h5-8H,9H2,1-4H3. The number of allylic oxidation sites excluding steroid dienone is 1. The first-order valence-electron chi connectivity index (χ1n) is 6.88. The summed E-state index contributed by atoms with van der Waals surface area (Å²) in [6.45, 7) is 7.58. The zero-order chi connectivity index (χ0) is 15.8. The average Bonchev–Trinajstić information content (AvgIpc) is 2.55. The van der Waals surface area contributed by atoms with E-state index < -0.39 is 24.4 Å². The average molecular weight is 290 g/mol. The minimum Gasteiger partial charge on any atom is -0.403 e. The lowest BCUT2D eigenvalue weighted by Gasteiger charge is -2.32. The van der Waals surface area contributed by atoms with E-state index in [9.17, 15) is 8.78 Å². The molecule has 0 bridgehead atoms. The Morgan fingerprint density at radius 2 is 1.52 bits per heavy atom. The summed E-state index contributed by atoms with van der Waals surface area (Å²) < 4.78 is 38.1. The third kappa shape index (κ3) is 3.38. The molecule has 0 unspecified atom stereocenters. The first-order chi connectivity index (χ1) is 9.62. The Morgan fingerprint density at radius 1 is 1.05 bits per heavy atom. The van der Waals surface area contributed by atoms with Crippen molar-refractivity contribution in [2.45, 2.75) is 45.2 Å². The largest absolute Gasteiger partial charge is 0.462 e. The van der Waals surface area contributed by atoms with Crippen molar-refractivity contribution < 1.29 is 18.1 Å². The van der Waals surface area contributed by atoms with Crippen LogP contribution in [0.1, 0.15) is 33.3 Å². The van der Waals surface area contributed by atoms with Crippen LogP contribution in [0.4, 0.5) is 8.78 Å². The monoisotopic (exact) mass is 290 g/mol. The number of rotatable bonds is 3. The van der Waals surface area contributed by atoms with Crippen molar-refractivity contribution in [1.29, 1.82) is 0 Å². The minimum atomic E-state index is -1.73. The maximum atomic E-state index is 13.3. The molecule has 2 nitrogen and oxygen atoms in total. The van der Waals surface area contributed by atoms with E-state index in [0.717, 1.165) is 0 Å². The Morgan fingerprint density at radius 3 is 1.95 bits per heavy atom. The van der Waals surface area contributed by atoms with E-state index in [4.69, 9.17) is 17.2 Å². The molecular formula is C15H18B2F2O2. The summed E-state index contributed by atoms with van der Waals surface area (Å²) in [4.78, 5) is 0. The van der Waals surface area contributed by atoms with Crippen molar-refractivity contribution in [3.63, 3.8) is 0 Å². The summed E-state index contributed by atoms with van der Waals surface area (Å²) in [7, 11) is 4.89. The lowest BCUT2D eigenvalue weighted by molar-refractivity contribution is 0.00578. The number of hydrogen-bond donors (Lipinski definition) is 0. The van der Waals surface area contributed by atoms with Crippen LogP contribution < -0.4 is 5.46 Å². The van der Waals surface area contributed by atoms with E-state index in [1.165, 1.54) is 0 Å². The van der Waals surface area contributed by atoms with Crippen molar-refractivity contribution in [2.24, 2.45) is 0 Å². The Bertz CT molecular complexity index is 533. The predicted molar refractivity (Wildman–Crippen MR) is 81.9 cm³/mol. The summed E-state index contributed by atoms with van der Waals surface area (Å²) in [5, 5.41) is 0. The smallest absolute Gasteiger partial charge is 0.403 e. The molecule has 1 saturated heterocycles. The first-order valence-corrected chi connectivity index (χ1v) is 6.88. The molecule has 1 aromatic rings. The maximum Gasteiger partial charge on any atom is 0.462 e. The SMILES string of the molecule is [B]c1ccc(C(CB2OC(C)(C)C(C)(C)O2)=C(F)F)cc1. The maximum absolute atomic E-state index is 13.3. The van der Waals surface area contributed by atoms with Gasteiger partial charge in [-0.05, 0) is 33.3 Å². The molecule has 1 fully saturated rings. The van der Waals surface area contributed by atoms with Crippen LogP contribution in [0.2, 0.25) is 6.32 Å². The highest BCUT2D eigenvalue weighted by atomic mass is 19.3. The second kappa shape index (κ2) is 5.58. The summed E-state index contributed by atoms with van der Waals surface area (Å²) in [6.07, 6.45) is -1.73. The molecule has 2 rings (SSSR count). The Labute approximate surface area is 126 Å². The highest BCUT2D eigenvalue weighted by molar-refractivity contribution is 6.48. The van der Waals surface area contributed by atoms with Crippen molar-refractivity contribution in [2.75, 3.05) is 0 Å². The van der Waals surface area contributed by atoms with Gasteiger partial charge in [0.2, 0.25) is 0 Å². The van der Waals surface area contributed by atoms with Crippen LogP contribution in [0.25, 0.3) is 5.57 Å². The van der Waals surface area contributed by atoms with Gasteiger partial charge in [-0.1, -0.05) is 29.7 Å². The fraction of sp³-hybridized carbons (Fsp3) is 0.467. The summed E-state index contributed by atoms with van der Waals surface area (Å²) in [5.41, 5.74) is -0.173. The molecule has 6 heteroatoms. The van der Waals surface area contributed by atoms with Crippen LogP contribution in [0, 0.1) is 0 Å². The van der Waals surface area contributed by atoms with Gasteiger partial charge in [0.25, 0.3) is 6.08 Å². The van der Waals surface area contributed by atoms with Gasteiger partial charge in [-0.15, -0.1) is 0 Å². The second-order valence-corrected chi connectivity index (χ2v) is 6.25. The van der Waals surface area contributed by atoms with Gasteiger partial charge in [0.1, 0.15) is 7.85 Å². The van der Waals surface area contributed by atoms with E-state index in [2.05, 4.69) is 0 Å². The molecule has 2 radical (unpaired) electrons. The van der Waals surface area contributed by atoms with Crippen LogP contribution in [0.5, 0.6) is 0 Å². The molecule has 1 aliphatic heterocycles. The topological polar surface area (TPSA) is 18.5 Å². The third-order valence-electron chi connectivity index (χ3n) is 4.16. The van der Waals surface area contributed by atoms with Gasteiger partial charge in [0, 0.05) is 11.9 Å². The molecule has 0 N–H and O–H groups in total. The third-order valence-corrected chi connectivity index (χ3v) is 4.16. The first kappa shape index (κ1) is 16.2. The van der Waals surface area contributed by atoms with Gasteiger partial charge >= 0.3 is 7.12 Å². The highest BCUT2D eigenvalue weighted by Gasteiger charge is 2.51. The molecule has 0 saturated carbocycles. The van der Waals surface area contributed by atoms with Gasteiger partial charge < -0.3 is 9.31 Å². The molecule has 1 aliphatic rings. The zero-order valence-corrected chi connectivity index (χ0v) is 12.7. The number of hydrogen-bond acceptors (Lipinski definition) is 2. The normalized spacial score (nSPS) is 19.6. The van der Waals surface area contributed by atoms with E-state index in [1.807, 2.05) is 27.7 Å². The molecule has 110 valence electrons. The molecule has 0 aromatic heterocycles. The molecule has 1 aromatic carbocycles. The van der Waals surface area contributed by atoms with Crippen LogP contribution in [0.15, 0.2) is 30.3 Å². The molecule has 21 heavy (non-hydrogen) atoms. The minimum absolute atomic E-state index is 0.000882. The number of benzene rings is 1. The van der Waals surface area contributed by atoms with Gasteiger partial charge in [-0.25, -0.2) is 0 Å². The fourth-order valence-corrected chi connectivity index (χ4v) is 2.20. The highest BCUT2D eigenvalue weighted by Crippen LogP contribution is 2.40. The predicted octanol–water partition coefficient (Wildman–Crippen LogP) is 3.18. The Kier molecular flexibility index (Phi) is 4.31. The van der Waals surface area contributed by atoms with Crippen molar-refractivity contribution in [3.05, 3.63) is 35.9 Å². The van der Waals surface area contributed by atoms with Gasteiger partial charge in [0.05, 0.1) is 11.2 Å². The molecule has 0 amide bonds. The van der Waals surface area contributed by atoms with E-state index in [-0.39, 0.29) is 11.9 Å². The van der Waals surface area contributed by atoms with Crippen LogP contribution >= 0.6 is 0 Å². The van der Waals surface area contributed by atoms with E-state index in [0.29, 0.717) is 11.0 Å². The van der Waals surface area contributed by atoms with Gasteiger partial charge in [-0.3, -0.25) is 0 Å². The van der Waals surface area contributed by atoms with Crippen molar-refractivity contribution >= 4 is 26.0 Å². The number of halogens is 2.